The van der Waals surface area contributed by atoms with Crippen LogP contribution >= 0.6 is 0 Å². The highest BCUT2D eigenvalue weighted by molar-refractivity contribution is 7.89. The quantitative estimate of drug-likeness (QED) is 0.254. The van der Waals surface area contributed by atoms with Gasteiger partial charge in [-0.2, -0.15) is 4.31 Å². The number of nitrogens with zero attached hydrogens (tertiary/aromatic N) is 2. The monoisotopic (exact) mass is 518 g/mol. The zero-order chi connectivity index (χ0) is 26.7. The molecule has 0 unspecified atom stereocenters. The van der Waals surface area contributed by atoms with Crippen molar-refractivity contribution in [2.75, 3.05) is 37.7 Å². The fraction of sp³-hybridized carbons (Fsp3) is 0.536. The number of sulfonamides is 1. The third-order valence-corrected chi connectivity index (χ3v) is 8.07. The lowest BCUT2D eigenvalue weighted by atomic mass is 10.1. The molecule has 0 aliphatic carbocycles. The summed E-state index contributed by atoms with van der Waals surface area (Å²) in [6.07, 6.45) is 3.82. The van der Waals surface area contributed by atoms with Gasteiger partial charge in [-0.1, -0.05) is 58.2 Å². The van der Waals surface area contributed by atoms with Gasteiger partial charge in [0.1, 0.15) is 10.6 Å². The summed E-state index contributed by atoms with van der Waals surface area (Å²) in [7, 11) is -3.95. The molecule has 0 aliphatic rings. The second-order valence-electron chi connectivity index (χ2n) is 8.74. The summed E-state index contributed by atoms with van der Waals surface area (Å²) in [5.41, 5.74) is 1.87. The number of anilines is 1. The maximum absolute atomic E-state index is 13.9. The van der Waals surface area contributed by atoms with Gasteiger partial charge in [-0.05, 0) is 51.0 Å². The predicted molar refractivity (Wildman–Crippen MR) is 146 cm³/mol. The van der Waals surface area contributed by atoms with Gasteiger partial charge in [0.2, 0.25) is 10.0 Å². The average Bonchev–Trinajstić information content (AvgIpc) is 2.86. The van der Waals surface area contributed by atoms with E-state index in [2.05, 4.69) is 18.7 Å². The number of rotatable bonds is 15. The van der Waals surface area contributed by atoms with E-state index in [9.17, 15) is 13.2 Å². The minimum Gasteiger partial charge on any atom is -0.462 e. The molecule has 0 N–H and O–H groups in total. The molecule has 0 amide bonds. The van der Waals surface area contributed by atoms with E-state index in [0.717, 1.165) is 44.3 Å². The zero-order valence-corrected chi connectivity index (χ0v) is 23.5. The Bertz CT molecular complexity index is 1070. The van der Waals surface area contributed by atoms with E-state index in [4.69, 9.17) is 9.47 Å². The van der Waals surface area contributed by atoms with Gasteiger partial charge in [0, 0.05) is 26.2 Å². The summed E-state index contributed by atoms with van der Waals surface area (Å²) in [5, 5.41) is 0. The number of ether oxygens (including phenoxy) is 2. The summed E-state index contributed by atoms with van der Waals surface area (Å²) in [6.45, 7) is 13.8. The van der Waals surface area contributed by atoms with Crippen LogP contribution in [0.5, 0.6) is 11.5 Å². The summed E-state index contributed by atoms with van der Waals surface area (Å²) in [5.74, 6) is 0.223. The maximum atomic E-state index is 13.9. The Labute approximate surface area is 217 Å². The van der Waals surface area contributed by atoms with Crippen LogP contribution in [0.3, 0.4) is 0 Å². The van der Waals surface area contributed by atoms with Crippen LogP contribution in [0.4, 0.5) is 5.69 Å². The Morgan fingerprint density at radius 2 is 1.47 bits per heavy atom. The standard InChI is InChI=1S/C28H42N2O5S/c1-7-12-18-29(19-13-8-2)25-20-23(28(31)34-11-5)21-26(36(32,33)30(9-3)10-4)27(25)35-24-16-14-22(6)15-17-24/h14-17,20-21H,7-13,18-19H2,1-6H3. The van der Waals surface area contributed by atoms with Gasteiger partial charge >= 0.3 is 5.97 Å². The van der Waals surface area contributed by atoms with Gasteiger partial charge in [-0.3, -0.25) is 0 Å². The first-order valence-electron chi connectivity index (χ1n) is 13.1. The van der Waals surface area contributed by atoms with E-state index >= 15 is 0 Å². The molecule has 0 bridgehead atoms. The van der Waals surface area contributed by atoms with Gasteiger partial charge in [-0.25, -0.2) is 13.2 Å². The molecule has 0 saturated carbocycles. The second-order valence-corrected chi connectivity index (χ2v) is 10.6. The van der Waals surface area contributed by atoms with Gasteiger partial charge in [0.25, 0.3) is 0 Å². The molecular weight excluding hydrogens is 476 g/mol. The SMILES string of the molecule is CCCCN(CCCC)c1cc(C(=O)OCC)cc(S(=O)(=O)N(CC)CC)c1Oc1ccc(C)cc1. The fourth-order valence-electron chi connectivity index (χ4n) is 3.93. The summed E-state index contributed by atoms with van der Waals surface area (Å²) >= 11 is 0. The largest absolute Gasteiger partial charge is 0.462 e. The number of hydrogen-bond acceptors (Lipinski definition) is 6. The highest BCUT2D eigenvalue weighted by Crippen LogP contribution is 2.41. The van der Waals surface area contributed by atoms with Crippen LogP contribution in [-0.2, 0) is 14.8 Å². The van der Waals surface area contributed by atoms with Crippen LogP contribution in [0.25, 0.3) is 0 Å². The van der Waals surface area contributed by atoms with Crippen molar-refractivity contribution < 1.29 is 22.7 Å². The molecule has 0 heterocycles. The van der Waals surface area contributed by atoms with E-state index in [0.29, 0.717) is 24.5 Å². The van der Waals surface area contributed by atoms with E-state index < -0.39 is 16.0 Å². The number of unbranched alkanes of at least 4 members (excludes halogenated alkanes) is 2. The van der Waals surface area contributed by atoms with E-state index in [1.54, 1.807) is 26.8 Å². The number of benzene rings is 2. The molecule has 0 aliphatic heterocycles. The lowest BCUT2D eigenvalue weighted by molar-refractivity contribution is 0.0526. The Kier molecular flexibility index (Phi) is 11.7. The van der Waals surface area contributed by atoms with Crippen LogP contribution in [0.15, 0.2) is 41.3 Å². The van der Waals surface area contributed by atoms with E-state index in [1.807, 2.05) is 31.2 Å². The molecule has 200 valence electrons. The second kappa shape index (κ2) is 14.2. The number of esters is 1. The molecule has 0 atom stereocenters. The molecule has 0 aromatic heterocycles. The highest BCUT2D eigenvalue weighted by Gasteiger charge is 2.31. The average molecular weight is 519 g/mol. The van der Waals surface area contributed by atoms with Crippen molar-refractivity contribution in [3.63, 3.8) is 0 Å². The molecule has 2 aromatic carbocycles. The van der Waals surface area contributed by atoms with Crippen LogP contribution < -0.4 is 9.64 Å². The number of carbonyl (C=O) groups excluding carboxylic acids is 1. The highest BCUT2D eigenvalue weighted by atomic mass is 32.2. The molecule has 8 heteroatoms. The van der Waals surface area contributed by atoms with Gasteiger partial charge in [-0.15, -0.1) is 0 Å². The molecule has 0 saturated heterocycles. The number of hydrogen-bond donors (Lipinski definition) is 0. The molecule has 0 fully saturated rings. The van der Waals surface area contributed by atoms with Crippen molar-refractivity contribution in [2.24, 2.45) is 0 Å². The van der Waals surface area contributed by atoms with E-state index in [-0.39, 0.29) is 22.8 Å². The fourth-order valence-corrected chi connectivity index (χ4v) is 5.54. The first-order chi connectivity index (χ1) is 17.2. The first kappa shape index (κ1) is 29.6. The Morgan fingerprint density at radius 1 is 0.889 bits per heavy atom. The van der Waals surface area contributed by atoms with Crippen LogP contribution in [-0.4, -0.2) is 51.5 Å². The first-order valence-corrected chi connectivity index (χ1v) is 14.5. The van der Waals surface area contributed by atoms with Crippen molar-refractivity contribution >= 4 is 21.7 Å². The summed E-state index contributed by atoms with van der Waals surface area (Å²) < 4.78 is 40.7. The number of aryl methyl sites for hydroxylation is 1. The Morgan fingerprint density at radius 3 is 1.97 bits per heavy atom. The van der Waals surface area contributed by atoms with Gasteiger partial charge in [0.15, 0.2) is 5.75 Å². The lowest BCUT2D eigenvalue weighted by Gasteiger charge is -2.29. The molecule has 36 heavy (non-hydrogen) atoms. The molecule has 7 nitrogen and oxygen atoms in total. The van der Waals surface area contributed by atoms with Crippen molar-refractivity contribution in [3.05, 3.63) is 47.5 Å². The molecule has 0 radical (unpaired) electrons. The third kappa shape index (κ3) is 7.46. The van der Waals surface area contributed by atoms with Crippen molar-refractivity contribution in [2.45, 2.75) is 72.1 Å². The van der Waals surface area contributed by atoms with Gasteiger partial charge < -0.3 is 14.4 Å². The van der Waals surface area contributed by atoms with Crippen LogP contribution in [0.1, 0.15) is 76.2 Å². The zero-order valence-electron chi connectivity index (χ0n) is 22.7. The van der Waals surface area contributed by atoms with Crippen LogP contribution in [0.2, 0.25) is 0 Å². The van der Waals surface area contributed by atoms with Crippen molar-refractivity contribution in [1.82, 2.24) is 4.31 Å². The molecule has 2 rings (SSSR count). The topological polar surface area (TPSA) is 76.2 Å². The summed E-state index contributed by atoms with van der Waals surface area (Å²) in [6, 6.07) is 10.6. The minimum atomic E-state index is -3.95. The predicted octanol–water partition coefficient (Wildman–Crippen LogP) is 6.40. The molecule has 0 spiro atoms. The smallest absolute Gasteiger partial charge is 0.338 e. The number of carbonyl (C=O) groups is 1. The molecule has 2 aromatic rings. The Balaban J connectivity index is 2.87. The van der Waals surface area contributed by atoms with Crippen molar-refractivity contribution in [3.8, 4) is 11.5 Å². The minimum absolute atomic E-state index is 0.0228. The van der Waals surface area contributed by atoms with Gasteiger partial charge in [0.05, 0.1) is 17.9 Å². The van der Waals surface area contributed by atoms with Crippen LogP contribution in [0, 0.1) is 6.92 Å². The summed E-state index contributed by atoms with van der Waals surface area (Å²) in [4.78, 5) is 15.0. The molecular formula is C28H42N2O5S. The Hall–Kier alpha value is -2.58. The van der Waals surface area contributed by atoms with Crippen molar-refractivity contribution in [1.29, 1.82) is 0 Å². The maximum Gasteiger partial charge on any atom is 0.338 e. The lowest BCUT2D eigenvalue weighted by Crippen LogP contribution is -2.32. The third-order valence-electron chi connectivity index (χ3n) is 6.01. The normalized spacial score (nSPS) is 11.5. The van der Waals surface area contributed by atoms with E-state index in [1.165, 1.54) is 10.4 Å².